The predicted octanol–water partition coefficient (Wildman–Crippen LogP) is 3.56. The first kappa shape index (κ1) is 20.3. The highest BCUT2D eigenvalue weighted by Crippen LogP contribution is 2.14. The number of guanidine groups is 1. The Morgan fingerprint density at radius 3 is 2.46 bits per heavy atom. The van der Waals surface area contributed by atoms with Crippen LogP contribution in [0.25, 0.3) is 0 Å². The third-order valence-corrected chi connectivity index (χ3v) is 3.27. The number of aliphatic imine (C=N–C) groups is 1. The van der Waals surface area contributed by atoms with Crippen LogP contribution in [0.4, 0.5) is 13.2 Å². The van der Waals surface area contributed by atoms with Gasteiger partial charge in [-0.3, -0.25) is 4.99 Å². The summed E-state index contributed by atoms with van der Waals surface area (Å²) in [6.45, 7) is 0.783. The summed E-state index contributed by atoms with van der Waals surface area (Å²) in [5.74, 6) is -2.46. The van der Waals surface area contributed by atoms with Gasteiger partial charge < -0.3 is 14.6 Å². The number of hydrogen-bond acceptors (Lipinski definition) is 2. The van der Waals surface area contributed by atoms with Crippen LogP contribution in [0.15, 0.2) is 39.9 Å². The van der Waals surface area contributed by atoms with E-state index < -0.39 is 17.5 Å². The van der Waals surface area contributed by atoms with Gasteiger partial charge in [-0.05, 0) is 29.8 Å². The van der Waals surface area contributed by atoms with Crippen LogP contribution >= 0.6 is 24.0 Å². The molecular formula is C16H19F3IN3O. The molecule has 2 rings (SSSR count). The zero-order chi connectivity index (χ0) is 16.8. The lowest BCUT2D eigenvalue weighted by atomic mass is 10.2. The van der Waals surface area contributed by atoms with E-state index in [1.807, 2.05) is 12.1 Å². The van der Waals surface area contributed by atoms with E-state index >= 15 is 0 Å². The molecule has 1 aromatic carbocycles. The van der Waals surface area contributed by atoms with E-state index in [4.69, 9.17) is 4.42 Å². The summed E-state index contributed by atoms with van der Waals surface area (Å²) in [5, 5.41) is 3.12. The molecule has 1 heterocycles. The second kappa shape index (κ2) is 9.55. The molecule has 1 N–H and O–H groups in total. The molecule has 0 radical (unpaired) electrons. The van der Waals surface area contributed by atoms with Crippen LogP contribution in [0.1, 0.15) is 11.3 Å². The first-order chi connectivity index (χ1) is 11.0. The Bertz CT molecular complexity index is 654. The number of nitrogens with one attached hydrogen (secondary N) is 1. The van der Waals surface area contributed by atoms with Gasteiger partial charge in [-0.2, -0.15) is 0 Å². The van der Waals surface area contributed by atoms with Gasteiger partial charge in [0.2, 0.25) is 0 Å². The molecule has 2 aromatic rings. The largest absolute Gasteiger partial charge is 0.469 e. The van der Waals surface area contributed by atoms with Gasteiger partial charge in [-0.1, -0.05) is 0 Å². The van der Waals surface area contributed by atoms with Crippen molar-refractivity contribution < 1.29 is 17.6 Å². The number of hydrogen-bond donors (Lipinski definition) is 1. The molecule has 0 aliphatic carbocycles. The van der Waals surface area contributed by atoms with Crippen molar-refractivity contribution in [3.05, 3.63) is 59.3 Å². The highest BCUT2D eigenvalue weighted by Gasteiger charge is 2.13. The highest BCUT2D eigenvalue weighted by atomic mass is 127. The number of halogens is 4. The van der Waals surface area contributed by atoms with Crippen molar-refractivity contribution in [3.63, 3.8) is 0 Å². The van der Waals surface area contributed by atoms with Crippen LogP contribution in [0.3, 0.4) is 0 Å². The van der Waals surface area contributed by atoms with Crippen molar-refractivity contribution in [1.29, 1.82) is 0 Å². The average molecular weight is 453 g/mol. The molecule has 0 saturated carbocycles. The minimum Gasteiger partial charge on any atom is -0.469 e. The number of nitrogens with zero attached hydrogens (tertiary/aromatic N) is 2. The summed E-state index contributed by atoms with van der Waals surface area (Å²) >= 11 is 0. The van der Waals surface area contributed by atoms with Crippen LogP contribution in [0.5, 0.6) is 0 Å². The number of furan rings is 1. The number of rotatable bonds is 5. The Kier molecular flexibility index (Phi) is 8.09. The van der Waals surface area contributed by atoms with Crippen molar-refractivity contribution in [1.82, 2.24) is 10.2 Å². The normalized spacial score (nSPS) is 11.1. The van der Waals surface area contributed by atoms with Crippen LogP contribution in [-0.2, 0) is 13.0 Å². The van der Waals surface area contributed by atoms with Gasteiger partial charge in [0.1, 0.15) is 5.76 Å². The molecule has 24 heavy (non-hydrogen) atoms. The third kappa shape index (κ3) is 5.43. The summed E-state index contributed by atoms with van der Waals surface area (Å²) in [7, 11) is 3.33. The first-order valence-electron chi connectivity index (χ1n) is 7.09. The molecule has 0 saturated heterocycles. The molecule has 8 heteroatoms. The highest BCUT2D eigenvalue weighted by molar-refractivity contribution is 14.0. The standard InChI is InChI=1S/C16H18F3N3O.HI/c1-20-16(21-6-5-12-4-3-7-23-12)22(2)10-11-8-13(17)15(19)14(18)9-11;/h3-4,7-9H,5-6,10H2,1-2H3,(H,20,21);1H. The molecule has 0 spiro atoms. The minimum atomic E-state index is -1.46. The molecule has 0 fully saturated rings. The molecule has 0 atom stereocenters. The summed E-state index contributed by atoms with van der Waals surface area (Å²) in [6.07, 6.45) is 2.29. The fourth-order valence-corrected chi connectivity index (χ4v) is 2.19. The van der Waals surface area contributed by atoms with Gasteiger partial charge in [0.05, 0.1) is 6.26 Å². The fraction of sp³-hybridized carbons (Fsp3) is 0.312. The molecular weight excluding hydrogens is 434 g/mol. The monoisotopic (exact) mass is 453 g/mol. The van der Waals surface area contributed by atoms with Crippen LogP contribution in [-0.4, -0.2) is 31.5 Å². The Morgan fingerprint density at radius 1 is 1.25 bits per heavy atom. The van der Waals surface area contributed by atoms with Crippen molar-refractivity contribution in [2.75, 3.05) is 20.6 Å². The lowest BCUT2D eigenvalue weighted by Gasteiger charge is -2.22. The third-order valence-electron chi connectivity index (χ3n) is 3.27. The van der Waals surface area contributed by atoms with Crippen molar-refractivity contribution in [3.8, 4) is 0 Å². The SMILES string of the molecule is CN=C(NCCc1ccco1)N(C)Cc1cc(F)c(F)c(F)c1.I. The summed E-state index contributed by atoms with van der Waals surface area (Å²) in [6, 6.07) is 5.64. The zero-order valence-electron chi connectivity index (χ0n) is 13.4. The zero-order valence-corrected chi connectivity index (χ0v) is 15.7. The second-order valence-corrected chi connectivity index (χ2v) is 5.03. The van der Waals surface area contributed by atoms with E-state index in [1.54, 1.807) is 25.3 Å². The molecule has 132 valence electrons. The van der Waals surface area contributed by atoms with Crippen molar-refractivity contribution in [2.45, 2.75) is 13.0 Å². The van der Waals surface area contributed by atoms with E-state index in [0.29, 0.717) is 24.5 Å². The van der Waals surface area contributed by atoms with Gasteiger partial charge in [0.15, 0.2) is 23.4 Å². The smallest absolute Gasteiger partial charge is 0.194 e. The van der Waals surface area contributed by atoms with Crippen LogP contribution in [0, 0.1) is 17.5 Å². The molecule has 0 bridgehead atoms. The maximum Gasteiger partial charge on any atom is 0.194 e. The summed E-state index contributed by atoms with van der Waals surface area (Å²) in [5.41, 5.74) is 0.317. The molecule has 0 amide bonds. The average Bonchev–Trinajstić information content (AvgIpc) is 3.02. The lowest BCUT2D eigenvalue weighted by Crippen LogP contribution is -2.39. The van der Waals surface area contributed by atoms with Crippen LogP contribution < -0.4 is 5.32 Å². The Morgan fingerprint density at radius 2 is 1.92 bits per heavy atom. The Balaban J connectivity index is 0.00000288. The number of benzene rings is 1. The van der Waals surface area contributed by atoms with Crippen molar-refractivity contribution in [2.24, 2.45) is 4.99 Å². The molecule has 0 aliphatic heterocycles. The topological polar surface area (TPSA) is 40.8 Å². The van der Waals surface area contributed by atoms with E-state index in [1.165, 1.54) is 0 Å². The fourth-order valence-electron chi connectivity index (χ4n) is 2.19. The van der Waals surface area contributed by atoms with Crippen molar-refractivity contribution >= 4 is 29.9 Å². The quantitative estimate of drug-likeness (QED) is 0.326. The van der Waals surface area contributed by atoms with Gasteiger partial charge in [0, 0.05) is 33.6 Å². The summed E-state index contributed by atoms with van der Waals surface area (Å²) in [4.78, 5) is 5.79. The predicted molar refractivity (Wildman–Crippen MR) is 97.0 cm³/mol. The Hall–Kier alpha value is -1.71. The van der Waals surface area contributed by atoms with Crippen LogP contribution in [0.2, 0.25) is 0 Å². The van der Waals surface area contributed by atoms with Gasteiger partial charge in [0.25, 0.3) is 0 Å². The van der Waals surface area contributed by atoms with Gasteiger partial charge in [-0.15, -0.1) is 24.0 Å². The minimum absolute atomic E-state index is 0. The summed E-state index contributed by atoms with van der Waals surface area (Å²) < 4.78 is 44.7. The van der Waals surface area contributed by atoms with Gasteiger partial charge in [-0.25, -0.2) is 13.2 Å². The molecule has 1 aromatic heterocycles. The molecule has 0 aliphatic rings. The maximum atomic E-state index is 13.2. The molecule has 4 nitrogen and oxygen atoms in total. The van der Waals surface area contributed by atoms with Gasteiger partial charge >= 0.3 is 0 Å². The first-order valence-corrected chi connectivity index (χ1v) is 7.09. The van der Waals surface area contributed by atoms with E-state index in [0.717, 1.165) is 17.9 Å². The molecule has 0 unspecified atom stereocenters. The maximum absolute atomic E-state index is 13.2. The Labute approximate surface area is 155 Å². The lowest BCUT2D eigenvalue weighted by molar-refractivity contribution is 0.434. The second-order valence-electron chi connectivity index (χ2n) is 5.03. The van der Waals surface area contributed by atoms with E-state index in [9.17, 15) is 13.2 Å². The van der Waals surface area contributed by atoms with E-state index in [-0.39, 0.29) is 30.5 Å². The van der Waals surface area contributed by atoms with E-state index in [2.05, 4.69) is 10.3 Å².